The third-order valence-electron chi connectivity index (χ3n) is 4.77. The zero-order valence-corrected chi connectivity index (χ0v) is 18.5. The number of amides is 1. The summed E-state index contributed by atoms with van der Waals surface area (Å²) in [6, 6.07) is 27.2. The highest BCUT2D eigenvalue weighted by Gasteiger charge is 2.19. The maximum atomic E-state index is 12.6. The molecule has 0 saturated carbocycles. The van der Waals surface area contributed by atoms with Crippen molar-refractivity contribution in [2.75, 3.05) is 5.75 Å². The van der Waals surface area contributed by atoms with Gasteiger partial charge in [-0.05, 0) is 36.8 Å². The van der Waals surface area contributed by atoms with Crippen molar-refractivity contribution in [3.8, 4) is 17.1 Å². The third-order valence-corrected chi connectivity index (χ3v) is 6.03. The van der Waals surface area contributed by atoms with Gasteiger partial charge in [0.25, 0.3) is 0 Å². The van der Waals surface area contributed by atoms with E-state index in [1.165, 1.54) is 11.8 Å². The van der Waals surface area contributed by atoms with Crippen LogP contribution in [0.25, 0.3) is 17.1 Å². The van der Waals surface area contributed by atoms with Gasteiger partial charge in [0.2, 0.25) is 5.91 Å². The number of nitrogens with zero attached hydrogens (tertiary/aromatic N) is 3. The van der Waals surface area contributed by atoms with E-state index in [0.717, 1.165) is 16.8 Å². The van der Waals surface area contributed by atoms with Crippen LogP contribution in [0, 0.1) is 0 Å². The Morgan fingerprint density at radius 2 is 1.61 bits per heavy atom. The molecule has 1 aromatic heterocycles. The smallest absolute Gasteiger partial charge is 0.230 e. The van der Waals surface area contributed by atoms with E-state index in [1.54, 1.807) is 0 Å². The van der Waals surface area contributed by atoms with Gasteiger partial charge in [-0.15, -0.1) is 10.2 Å². The molecule has 1 heterocycles. The van der Waals surface area contributed by atoms with Gasteiger partial charge in [0.05, 0.1) is 16.8 Å². The molecule has 3 aromatic carbocycles. The Kier molecular flexibility index (Phi) is 6.70. The van der Waals surface area contributed by atoms with E-state index < -0.39 is 0 Å². The molecule has 1 N–H and O–H groups in total. The molecule has 0 saturated heterocycles. The van der Waals surface area contributed by atoms with Crippen LogP contribution in [0.15, 0.2) is 90.1 Å². The van der Waals surface area contributed by atoms with Crippen molar-refractivity contribution in [1.82, 2.24) is 20.1 Å². The zero-order valence-electron chi connectivity index (χ0n) is 16.9. The lowest BCUT2D eigenvalue weighted by atomic mass is 10.1. The lowest BCUT2D eigenvalue weighted by Crippen LogP contribution is -2.28. The zero-order chi connectivity index (χ0) is 21.6. The second-order valence-corrected chi connectivity index (χ2v) is 8.30. The van der Waals surface area contributed by atoms with Crippen molar-refractivity contribution in [2.24, 2.45) is 0 Å². The predicted molar refractivity (Wildman–Crippen MR) is 126 cm³/mol. The van der Waals surface area contributed by atoms with Crippen molar-refractivity contribution >= 4 is 29.3 Å². The largest absolute Gasteiger partial charge is 0.349 e. The van der Waals surface area contributed by atoms with Gasteiger partial charge >= 0.3 is 0 Å². The number of thioether (sulfide) groups is 1. The Morgan fingerprint density at radius 3 is 2.32 bits per heavy atom. The summed E-state index contributed by atoms with van der Waals surface area (Å²) in [6.45, 7) is 1.97. The first kappa shape index (κ1) is 21.2. The lowest BCUT2D eigenvalue weighted by molar-refractivity contribution is -0.119. The molecule has 31 heavy (non-hydrogen) atoms. The fraction of sp³-hybridized carbons (Fsp3) is 0.125. The second-order valence-electron chi connectivity index (χ2n) is 6.95. The van der Waals surface area contributed by atoms with Crippen LogP contribution in [0.1, 0.15) is 18.5 Å². The van der Waals surface area contributed by atoms with Crippen LogP contribution in [0.2, 0.25) is 5.02 Å². The molecule has 156 valence electrons. The summed E-state index contributed by atoms with van der Waals surface area (Å²) < 4.78 is 1.93. The van der Waals surface area contributed by atoms with Crippen LogP contribution < -0.4 is 5.32 Å². The van der Waals surface area contributed by atoms with Crippen LogP contribution in [0.4, 0.5) is 0 Å². The van der Waals surface area contributed by atoms with Gasteiger partial charge in [0.1, 0.15) is 0 Å². The maximum absolute atomic E-state index is 12.6. The minimum absolute atomic E-state index is 0.0664. The van der Waals surface area contributed by atoms with Crippen molar-refractivity contribution in [1.29, 1.82) is 0 Å². The molecule has 0 radical (unpaired) electrons. The van der Waals surface area contributed by atoms with Crippen LogP contribution in [-0.4, -0.2) is 26.4 Å². The molecule has 0 aliphatic carbocycles. The Balaban J connectivity index is 1.56. The van der Waals surface area contributed by atoms with E-state index in [1.807, 2.05) is 96.4 Å². The van der Waals surface area contributed by atoms with Crippen molar-refractivity contribution < 1.29 is 4.79 Å². The van der Waals surface area contributed by atoms with Crippen LogP contribution in [-0.2, 0) is 4.79 Å². The Bertz CT molecular complexity index is 1160. The fourth-order valence-electron chi connectivity index (χ4n) is 3.23. The quantitative estimate of drug-likeness (QED) is 0.376. The Labute approximate surface area is 190 Å². The van der Waals surface area contributed by atoms with E-state index in [9.17, 15) is 4.79 Å². The number of hydrogen-bond donors (Lipinski definition) is 1. The van der Waals surface area contributed by atoms with Gasteiger partial charge in [-0.25, -0.2) is 0 Å². The normalized spacial score (nSPS) is 11.8. The van der Waals surface area contributed by atoms with E-state index >= 15 is 0 Å². The van der Waals surface area contributed by atoms with Crippen molar-refractivity contribution in [3.05, 3.63) is 95.5 Å². The molecule has 1 atom stereocenters. The Morgan fingerprint density at radius 1 is 0.968 bits per heavy atom. The van der Waals surface area contributed by atoms with Gasteiger partial charge in [0, 0.05) is 11.3 Å². The summed E-state index contributed by atoms with van der Waals surface area (Å²) in [5, 5.41) is 13.0. The van der Waals surface area contributed by atoms with E-state index in [4.69, 9.17) is 11.6 Å². The lowest BCUT2D eigenvalue weighted by Gasteiger charge is -2.14. The van der Waals surface area contributed by atoms with Crippen LogP contribution >= 0.6 is 23.4 Å². The summed E-state index contributed by atoms with van der Waals surface area (Å²) in [6.07, 6.45) is 0. The molecule has 4 rings (SSSR count). The molecule has 0 bridgehead atoms. The minimum Gasteiger partial charge on any atom is -0.349 e. The van der Waals surface area contributed by atoms with Crippen molar-refractivity contribution in [2.45, 2.75) is 18.1 Å². The molecule has 0 aliphatic rings. The standard InChI is InChI=1S/C24H21ClN4OS/c1-17(18-10-4-2-5-11-18)26-22(30)16-31-24-28-27-23(20-14-8-9-15-21(20)25)29(24)19-12-6-3-7-13-19/h2-15,17H,16H2,1H3,(H,26,30). The van der Waals surface area contributed by atoms with Gasteiger partial charge in [-0.3, -0.25) is 9.36 Å². The number of carbonyl (C=O) groups is 1. The van der Waals surface area contributed by atoms with Gasteiger partial charge < -0.3 is 5.32 Å². The second kappa shape index (κ2) is 9.81. The fourth-order valence-corrected chi connectivity index (χ4v) is 4.21. The number of carbonyl (C=O) groups excluding carboxylic acids is 1. The molecule has 7 heteroatoms. The molecule has 4 aromatic rings. The van der Waals surface area contributed by atoms with Gasteiger partial charge in [-0.1, -0.05) is 84.0 Å². The van der Waals surface area contributed by atoms with Gasteiger partial charge in [0.15, 0.2) is 11.0 Å². The van der Waals surface area contributed by atoms with Crippen LogP contribution in [0.3, 0.4) is 0 Å². The van der Waals surface area contributed by atoms with Crippen LogP contribution in [0.5, 0.6) is 0 Å². The first-order valence-corrected chi connectivity index (χ1v) is 11.2. The molecule has 1 amide bonds. The van der Waals surface area contributed by atoms with Crippen molar-refractivity contribution in [3.63, 3.8) is 0 Å². The highest BCUT2D eigenvalue weighted by molar-refractivity contribution is 7.99. The highest BCUT2D eigenvalue weighted by atomic mass is 35.5. The molecular weight excluding hydrogens is 428 g/mol. The summed E-state index contributed by atoms with van der Waals surface area (Å²) >= 11 is 7.76. The summed E-state index contributed by atoms with van der Waals surface area (Å²) in [5.74, 6) is 0.797. The number of rotatable bonds is 7. The first-order chi connectivity index (χ1) is 15.1. The van der Waals surface area contributed by atoms with E-state index in [2.05, 4.69) is 15.5 Å². The molecule has 5 nitrogen and oxygen atoms in total. The summed E-state index contributed by atoms with van der Waals surface area (Å²) in [5.41, 5.74) is 2.76. The number of para-hydroxylation sites is 1. The highest BCUT2D eigenvalue weighted by Crippen LogP contribution is 2.31. The predicted octanol–water partition coefficient (Wildman–Crippen LogP) is 5.56. The average molecular weight is 449 g/mol. The number of hydrogen-bond acceptors (Lipinski definition) is 4. The topological polar surface area (TPSA) is 59.8 Å². The molecule has 1 unspecified atom stereocenters. The van der Waals surface area contributed by atoms with E-state index in [0.29, 0.717) is 16.0 Å². The van der Waals surface area contributed by atoms with Gasteiger partial charge in [-0.2, -0.15) is 0 Å². The monoisotopic (exact) mass is 448 g/mol. The number of halogens is 1. The number of benzene rings is 3. The summed E-state index contributed by atoms with van der Waals surface area (Å²) in [7, 11) is 0. The average Bonchev–Trinajstić information content (AvgIpc) is 3.23. The molecule has 0 aliphatic heterocycles. The summed E-state index contributed by atoms with van der Waals surface area (Å²) in [4.78, 5) is 12.6. The minimum atomic E-state index is -0.0695. The molecule has 0 spiro atoms. The SMILES string of the molecule is CC(NC(=O)CSc1nnc(-c2ccccc2Cl)n1-c1ccccc1)c1ccccc1. The maximum Gasteiger partial charge on any atom is 0.230 e. The first-order valence-electron chi connectivity index (χ1n) is 9.86. The Hall–Kier alpha value is -3.09. The number of nitrogens with one attached hydrogen (secondary N) is 1. The van der Waals surface area contributed by atoms with E-state index in [-0.39, 0.29) is 17.7 Å². The number of aromatic nitrogens is 3. The molecule has 0 fully saturated rings. The molecular formula is C24H21ClN4OS. The third kappa shape index (κ3) is 4.98.